The summed E-state index contributed by atoms with van der Waals surface area (Å²) >= 11 is 0. The molecule has 2 aromatic heterocycles. The van der Waals surface area contributed by atoms with Crippen LogP contribution in [0, 0.1) is 23.6 Å². The first-order valence-corrected chi connectivity index (χ1v) is 11.2. The second kappa shape index (κ2) is 10.0. The number of pyridine rings is 2. The lowest BCUT2D eigenvalue weighted by atomic mass is 10.1. The third-order valence-electron chi connectivity index (χ3n) is 5.60. The number of ether oxygens (including phenoxy) is 3. The van der Waals surface area contributed by atoms with Crippen LogP contribution in [0.25, 0.3) is 0 Å². The van der Waals surface area contributed by atoms with Crippen molar-refractivity contribution in [2.45, 2.75) is 6.04 Å². The Balaban J connectivity index is 1.28. The van der Waals surface area contributed by atoms with Gasteiger partial charge >= 0.3 is 0 Å². The number of benzene rings is 1. The van der Waals surface area contributed by atoms with Crippen LogP contribution in [-0.2, 0) is 9.53 Å². The molecule has 2 aliphatic heterocycles. The van der Waals surface area contributed by atoms with Crippen LogP contribution in [0.2, 0.25) is 0 Å². The first kappa shape index (κ1) is 23.3. The Morgan fingerprint density at radius 1 is 1.17 bits per heavy atom. The Labute approximate surface area is 206 Å². The number of nitrogens with zero attached hydrogens (tertiary/aromatic N) is 3. The van der Waals surface area contributed by atoms with Gasteiger partial charge in [0.25, 0.3) is 11.8 Å². The Kier molecular flexibility index (Phi) is 6.47. The highest BCUT2D eigenvalue weighted by Crippen LogP contribution is 2.31. The van der Waals surface area contributed by atoms with Gasteiger partial charge in [0.15, 0.2) is 0 Å². The highest BCUT2D eigenvalue weighted by Gasteiger charge is 2.31. The molecular weight excluding hydrogens is 467 g/mol. The summed E-state index contributed by atoms with van der Waals surface area (Å²) in [6, 6.07) is 8.49. The number of amides is 2. The SMILES string of the molecule is CN1C(=O)[C@@H](NC(=O)c2cc(Oc3cncc(F)c3)ccn2)COc2ccc(C#CC3COC3)cc21. The maximum absolute atomic E-state index is 13.4. The number of carbonyl (C=O) groups excluding carboxylic acids is 2. The first-order valence-electron chi connectivity index (χ1n) is 11.2. The van der Waals surface area contributed by atoms with E-state index >= 15 is 0 Å². The Hall–Kier alpha value is -4.49. The summed E-state index contributed by atoms with van der Waals surface area (Å²) in [7, 11) is 1.62. The first-order chi connectivity index (χ1) is 17.5. The van der Waals surface area contributed by atoms with Gasteiger partial charge in [-0.1, -0.05) is 11.8 Å². The molecule has 1 N–H and O–H groups in total. The maximum Gasteiger partial charge on any atom is 0.270 e. The van der Waals surface area contributed by atoms with Crippen LogP contribution >= 0.6 is 0 Å². The molecule has 0 aliphatic carbocycles. The Morgan fingerprint density at radius 2 is 2.03 bits per heavy atom. The summed E-state index contributed by atoms with van der Waals surface area (Å²) in [5.74, 6) is 5.93. The van der Waals surface area contributed by atoms with E-state index in [4.69, 9.17) is 14.2 Å². The average Bonchev–Trinajstić information content (AvgIpc) is 2.95. The molecule has 1 saturated heterocycles. The standard InChI is InChI=1S/C26H21FN4O5/c1-31-23-8-16(2-3-17-13-34-14-17)4-5-24(23)35-15-22(26(31)33)30-25(32)21-10-19(6-7-29-21)36-20-9-18(27)11-28-12-20/h4-12,17,22H,13-15H2,1H3,(H,30,32)/t22-/m0/s1. The molecular formula is C26H21FN4O5. The predicted molar refractivity (Wildman–Crippen MR) is 126 cm³/mol. The lowest BCUT2D eigenvalue weighted by molar-refractivity contribution is -0.120. The molecule has 0 unspecified atom stereocenters. The number of anilines is 1. The summed E-state index contributed by atoms with van der Waals surface area (Å²) in [6.45, 7) is 1.21. The number of nitrogens with one attached hydrogen (secondary N) is 1. The molecule has 4 heterocycles. The van der Waals surface area contributed by atoms with Gasteiger partial charge in [0.2, 0.25) is 0 Å². The third kappa shape index (κ3) is 5.11. The zero-order valence-electron chi connectivity index (χ0n) is 19.2. The van der Waals surface area contributed by atoms with E-state index in [1.807, 2.05) is 6.07 Å². The molecule has 2 aliphatic rings. The normalized spacial score (nSPS) is 17.0. The van der Waals surface area contributed by atoms with Gasteiger partial charge in [0.1, 0.15) is 41.4 Å². The lowest BCUT2D eigenvalue weighted by Crippen LogP contribution is -2.49. The van der Waals surface area contributed by atoms with Crippen molar-refractivity contribution >= 4 is 17.5 Å². The number of aromatic nitrogens is 2. The summed E-state index contributed by atoms with van der Waals surface area (Å²) in [5.41, 5.74) is 1.33. The molecule has 5 rings (SSSR count). The van der Waals surface area contributed by atoms with Gasteiger partial charge in [-0.3, -0.25) is 19.6 Å². The summed E-state index contributed by atoms with van der Waals surface area (Å²) in [4.78, 5) is 35.2. The number of rotatable bonds is 4. The van der Waals surface area contributed by atoms with Crippen molar-refractivity contribution < 1.29 is 28.2 Å². The van der Waals surface area contributed by atoms with Gasteiger partial charge in [0.05, 0.1) is 37.2 Å². The molecule has 0 bridgehead atoms. The van der Waals surface area contributed by atoms with Crippen LogP contribution < -0.4 is 19.7 Å². The van der Waals surface area contributed by atoms with Crippen LogP contribution in [0.5, 0.6) is 17.2 Å². The number of hydrogen-bond donors (Lipinski definition) is 1. The van der Waals surface area contributed by atoms with Gasteiger partial charge in [-0.2, -0.15) is 0 Å². The quantitative estimate of drug-likeness (QED) is 0.563. The number of halogens is 1. The molecule has 10 heteroatoms. The molecule has 1 aromatic carbocycles. The Morgan fingerprint density at radius 3 is 2.81 bits per heavy atom. The second-order valence-corrected chi connectivity index (χ2v) is 8.24. The van der Waals surface area contributed by atoms with Gasteiger partial charge in [0, 0.05) is 30.9 Å². The molecule has 9 nitrogen and oxygen atoms in total. The minimum absolute atomic E-state index is 0.0200. The zero-order chi connectivity index (χ0) is 25.1. The van der Waals surface area contributed by atoms with E-state index < -0.39 is 17.8 Å². The summed E-state index contributed by atoms with van der Waals surface area (Å²) in [6.07, 6.45) is 3.78. The van der Waals surface area contributed by atoms with E-state index in [0.717, 1.165) is 11.8 Å². The van der Waals surface area contributed by atoms with Crippen molar-refractivity contribution in [3.63, 3.8) is 0 Å². The third-order valence-corrected chi connectivity index (χ3v) is 5.60. The molecule has 1 atom stereocenters. The number of hydrogen-bond acceptors (Lipinski definition) is 7. The van der Waals surface area contributed by atoms with Gasteiger partial charge in [-0.25, -0.2) is 4.39 Å². The molecule has 2 amide bonds. The lowest BCUT2D eigenvalue weighted by Gasteiger charge is -2.21. The highest BCUT2D eigenvalue weighted by atomic mass is 19.1. The largest absolute Gasteiger partial charge is 0.489 e. The van der Waals surface area contributed by atoms with Crippen LogP contribution in [0.4, 0.5) is 10.1 Å². The molecule has 3 aromatic rings. The number of carbonyl (C=O) groups is 2. The van der Waals surface area contributed by atoms with E-state index in [9.17, 15) is 14.0 Å². The van der Waals surface area contributed by atoms with E-state index in [1.54, 1.807) is 19.2 Å². The summed E-state index contributed by atoms with van der Waals surface area (Å²) < 4.78 is 29.9. The second-order valence-electron chi connectivity index (χ2n) is 8.24. The van der Waals surface area contributed by atoms with E-state index in [2.05, 4.69) is 27.1 Å². The molecule has 0 spiro atoms. The van der Waals surface area contributed by atoms with E-state index in [0.29, 0.717) is 24.7 Å². The topological polar surface area (TPSA) is 103 Å². The molecule has 182 valence electrons. The van der Waals surface area contributed by atoms with Gasteiger partial charge in [-0.05, 0) is 24.3 Å². The Bertz CT molecular complexity index is 1380. The number of likely N-dealkylation sites (N-methyl/N-ethyl adjacent to an activating group) is 1. The van der Waals surface area contributed by atoms with Crippen molar-refractivity contribution in [2.24, 2.45) is 5.92 Å². The van der Waals surface area contributed by atoms with Gasteiger partial charge in [-0.15, -0.1) is 0 Å². The van der Waals surface area contributed by atoms with Gasteiger partial charge < -0.3 is 24.4 Å². The van der Waals surface area contributed by atoms with Crippen LogP contribution in [0.15, 0.2) is 55.0 Å². The fraction of sp³-hybridized carbons (Fsp3) is 0.231. The van der Waals surface area contributed by atoms with Crippen LogP contribution in [-0.4, -0.2) is 54.7 Å². The highest BCUT2D eigenvalue weighted by molar-refractivity contribution is 6.03. The van der Waals surface area contributed by atoms with Crippen molar-refractivity contribution in [1.29, 1.82) is 0 Å². The minimum Gasteiger partial charge on any atom is -0.489 e. The molecule has 0 radical (unpaired) electrons. The molecule has 0 saturated carbocycles. The van der Waals surface area contributed by atoms with E-state index in [-0.39, 0.29) is 35.6 Å². The van der Waals surface area contributed by atoms with E-state index in [1.165, 1.54) is 35.5 Å². The van der Waals surface area contributed by atoms with Crippen molar-refractivity contribution in [3.05, 3.63) is 72.1 Å². The monoisotopic (exact) mass is 488 g/mol. The van der Waals surface area contributed by atoms with Crippen LogP contribution in [0.1, 0.15) is 16.1 Å². The van der Waals surface area contributed by atoms with Crippen molar-refractivity contribution in [1.82, 2.24) is 15.3 Å². The maximum atomic E-state index is 13.4. The molecule has 1 fully saturated rings. The van der Waals surface area contributed by atoms with Crippen molar-refractivity contribution in [3.8, 4) is 29.1 Å². The molecule has 36 heavy (non-hydrogen) atoms. The van der Waals surface area contributed by atoms with Crippen LogP contribution in [0.3, 0.4) is 0 Å². The fourth-order valence-corrected chi connectivity index (χ4v) is 3.60. The average molecular weight is 488 g/mol. The predicted octanol–water partition coefficient (Wildman–Crippen LogP) is 2.56. The fourth-order valence-electron chi connectivity index (χ4n) is 3.60. The number of fused-ring (bicyclic) bond motifs is 1. The smallest absolute Gasteiger partial charge is 0.270 e. The zero-order valence-corrected chi connectivity index (χ0v) is 19.2. The summed E-state index contributed by atoms with van der Waals surface area (Å²) in [5, 5.41) is 2.67. The minimum atomic E-state index is -0.949. The van der Waals surface area contributed by atoms with Crippen molar-refractivity contribution in [2.75, 3.05) is 31.8 Å².